The second-order valence-corrected chi connectivity index (χ2v) is 3.17. The van der Waals surface area contributed by atoms with Gasteiger partial charge in [0.2, 0.25) is 11.8 Å². The minimum absolute atomic E-state index is 0.0764. The molecule has 1 atom stereocenters. The third-order valence-electron chi connectivity index (χ3n) is 1.93. The molecule has 2 aliphatic heterocycles. The lowest BCUT2D eigenvalue weighted by atomic mass is 10.3. The second kappa shape index (κ2) is 4.81. The Labute approximate surface area is 77.1 Å². The molecule has 0 bridgehead atoms. The Hall–Kier alpha value is -1.10. The first kappa shape index (κ1) is 9.98. The van der Waals surface area contributed by atoms with Gasteiger partial charge in [0.25, 0.3) is 0 Å². The van der Waals surface area contributed by atoms with Crippen molar-refractivity contribution in [2.24, 2.45) is 5.73 Å². The molecular weight excluding hydrogens is 170 g/mol. The van der Waals surface area contributed by atoms with Gasteiger partial charge in [-0.1, -0.05) is 0 Å². The maximum Gasteiger partial charge on any atom is 0.221 e. The summed E-state index contributed by atoms with van der Waals surface area (Å²) in [5, 5.41) is 5.24. The molecule has 2 heterocycles. The Morgan fingerprint density at radius 3 is 2.15 bits per heavy atom. The molecule has 0 spiro atoms. The van der Waals surface area contributed by atoms with Crippen LogP contribution >= 0.6 is 0 Å². The molecule has 5 heteroatoms. The third-order valence-corrected chi connectivity index (χ3v) is 1.93. The zero-order valence-corrected chi connectivity index (χ0v) is 7.51. The van der Waals surface area contributed by atoms with Crippen molar-refractivity contribution < 1.29 is 9.59 Å². The van der Waals surface area contributed by atoms with Crippen molar-refractivity contribution in [3.8, 4) is 0 Å². The van der Waals surface area contributed by atoms with Gasteiger partial charge in [-0.25, -0.2) is 0 Å². The van der Waals surface area contributed by atoms with Crippen LogP contribution in [-0.4, -0.2) is 24.5 Å². The molecule has 13 heavy (non-hydrogen) atoms. The van der Waals surface area contributed by atoms with E-state index in [4.69, 9.17) is 5.73 Å². The highest BCUT2D eigenvalue weighted by Gasteiger charge is 2.15. The number of rotatable bonds is 0. The summed E-state index contributed by atoms with van der Waals surface area (Å²) in [5.41, 5.74) is 5.29. The highest BCUT2D eigenvalue weighted by atomic mass is 16.2. The molecule has 0 aromatic rings. The summed E-state index contributed by atoms with van der Waals surface area (Å²) in [6.45, 7) is 0.888. The minimum Gasteiger partial charge on any atom is -0.356 e. The van der Waals surface area contributed by atoms with Crippen molar-refractivity contribution in [2.75, 3.05) is 6.54 Å². The fourth-order valence-corrected chi connectivity index (χ4v) is 1.20. The number of nitrogens with two attached hydrogens (primary N) is 1. The summed E-state index contributed by atoms with van der Waals surface area (Å²) in [6.07, 6.45) is 3.08. The molecule has 5 nitrogen and oxygen atoms in total. The van der Waals surface area contributed by atoms with Crippen molar-refractivity contribution in [1.29, 1.82) is 0 Å². The van der Waals surface area contributed by atoms with Crippen LogP contribution in [-0.2, 0) is 9.59 Å². The Kier molecular flexibility index (Phi) is 3.70. The Morgan fingerprint density at radius 2 is 2.00 bits per heavy atom. The number of carbonyl (C=O) groups excluding carboxylic acids is 2. The predicted octanol–water partition coefficient (Wildman–Crippen LogP) is -0.922. The first-order chi connectivity index (χ1) is 6.18. The van der Waals surface area contributed by atoms with Crippen LogP contribution in [0, 0.1) is 0 Å². The average molecular weight is 185 g/mol. The maximum absolute atomic E-state index is 10.3. The molecule has 0 aromatic carbocycles. The Bertz CT molecular complexity index is 198. The lowest BCUT2D eigenvalue weighted by molar-refractivity contribution is -0.120. The van der Waals surface area contributed by atoms with E-state index in [-0.39, 0.29) is 18.0 Å². The van der Waals surface area contributed by atoms with Crippen LogP contribution in [0.5, 0.6) is 0 Å². The molecule has 1 unspecified atom stereocenters. The first-order valence-corrected chi connectivity index (χ1v) is 4.50. The summed E-state index contributed by atoms with van der Waals surface area (Å²) in [7, 11) is 0. The van der Waals surface area contributed by atoms with Crippen LogP contribution < -0.4 is 16.4 Å². The molecule has 2 fully saturated rings. The molecule has 4 N–H and O–H groups in total. The van der Waals surface area contributed by atoms with Crippen LogP contribution in [0.3, 0.4) is 0 Å². The van der Waals surface area contributed by atoms with Crippen LogP contribution in [0.1, 0.15) is 25.7 Å². The van der Waals surface area contributed by atoms with E-state index in [0.29, 0.717) is 6.42 Å². The van der Waals surface area contributed by atoms with E-state index in [2.05, 4.69) is 10.6 Å². The number of carbonyl (C=O) groups is 2. The van der Waals surface area contributed by atoms with E-state index in [1.807, 2.05) is 0 Å². The lowest BCUT2D eigenvalue weighted by Gasteiger charge is -1.96. The van der Waals surface area contributed by atoms with E-state index in [9.17, 15) is 9.59 Å². The summed E-state index contributed by atoms with van der Waals surface area (Å²) in [4.78, 5) is 20.4. The summed E-state index contributed by atoms with van der Waals surface area (Å²) >= 11 is 0. The van der Waals surface area contributed by atoms with Gasteiger partial charge in [0, 0.05) is 19.4 Å². The monoisotopic (exact) mass is 185 g/mol. The number of hydrogen-bond donors (Lipinski definition) is 3. The smallest absolute Gasteiger partial charge is 0.221 e. The van der Waals surface area contributed by atoms with Crippen LogP contribution in [0.15, 0.2) is 0 Å². The zero-order valence-electron chi connectivity index (χ0n) is 7.51. The van der Waals surface area contributed by atoms with E-state index < -0.39 is 0 Å². The van der Waals surface area contributed by atoms with Gasteiger partial charge < -0.3 is 16.4 Å². The van der Waals surface area contributed by atoms with Crippen molar-refractivity contribution in [3.05, 3.63) is 0 Å². The molecule has 74 valence electrons. The van der Waals surface area contributed by atoms with Crippen molar-refractivity contribution in [3.63, 3.8) is 0 Å². The molecule has 0 saturated carbocycles. The molecule has 0 aromatic heterocycles. The molecule has 2 aliphatic rings. The lowest BCUT2D eigenvalue weighted by Crippen LogP contribution is -2.32. The molecule has 2 rings (SSSR count). The van der Waals surface area contributed by atoms with Gasteiger partial charge in [-0.15, -0.1) is 0 Å². The standard InChI is InChI=1S/C4H8N2O.C4H7NO/c5-3-1-2-4(7)6-3;6-4-2-1-3-5-4/h3H,1-2,5H2,(H,6,7);1-3H2,(H,5,6). The van der Waals surface area contributed by atoms with Crippen molar-refractivity contribution >= 4 is 11.8 Å². The van der Waals surface area contributed by atoms with E-state index in [1.165, 1.54) is 0 Å². The highest BCUT2D eigenvalue weighted by molar-refractivity contribution is 5.78. The van der Waals surface area contributed by atoms with E-state index in [0.717, 1.165) is 25.8 Å². The van der Waals surface area contributed by atoms with Crippen molar-refractivity contribution in [1.82, 2.24) is 10.6 Å². The van der Waals surface area contributed by atoms with Crippen LogP contribution in [0.25, 0.3) is 0 Å². The first-order valence-electron chi connectivity index (χ1n) is 4.50. The highest BCUT2D eigenvalue weighted by Crippen LogP contribution is 1.99. The van der Waals surface area contributed by atoms with Gasteiger partial charge >= 0.3 is 0 Å². The van der Waals surface area contributed by atoms with Gasteiger partial charge in [0.05, 0.1) is 6.17 Å². The predicted molar refractivity (Wildman–Crippen MR) is 47.6 cm³/mol. The number of amides is 2. The third kappa shape index (κ3) is 3.89. The fourth-order valence-electron chi connectivity index (χ4n) is 1.20. The Balaban J connectivity index is 0.000000132. The Morgan fingerprint density at radius 1 is 1.23 bits per heavy atom. The van der Waals surface area contributed by atoms with Gasteiger partial charge in [-0.2, -0.15) is 0 Å². The van der Waals surface area contributed by atoms with Crippen LogP contribution in [0.2, 0.25) is 0 Å². The van der Waals surface area contributed by atoms with Crippen molar-refractivity contribution in [2.45, 2.75) is 31.8 Å². The fraction of sp³-hybridized carbons (Fsp3) is 0.750. The topological polar surface area (TPSA) is 84.2 Å². The molecule has 0 aliphatic carbocycles. The van der Waals surface area contributed by atoms with Gasteiger partial charge in [0.15, 0.2) is 0 Å². The second-order valence-electron chi connectivity index (χ2n) is 3.17. The van der Waals surface area contributed by atoms with Gasteiger partial charge in [-0.05, 0) is 12.8 Å². The van der Waals surface area contributed by atoms with E-state index in [1.54, 1.807) is 0 Å². The van der Waals surface area contributed by atoms with Gasteiger partial charge in [0.1, 0.15) is 0 Å². The zero-order chi connectivity index (χ0) is 9.68. The quantitative estimate of drug-likeness (QED) is 0.456. The summed E-state index contributed by atoms with van der Waals surface area (Å²) in [5.74, 6) is 0.280. The molecule has 2 saturated heterocycles. The normalized spacial score (nSPS) is 26.1. The van der Waals surface area contributed by atoms with E-state index >= 15 is 0 Å². The maximum atomic E-state index is 10.3. The van der Waals surface area contributed by atoms with Gasteiger partial charge in [-0.3, -0.25) is 9.59 Å². The number of nitrogens with one attached hydrogen (secondary N) is 2. The molecule has 0 radical (unpaired) electrons. The SMILES string of the molecule is NC1CCC(=O)N1.O=C1CCCN1. The largest absolute Gasteiger partial charge is 0.356 e. The molecular formula is C8H15N3O2. The summed E-state index contributed by atoms with van der Waals surface area (Å²) in [6, 6.07) is 0. The average Bonchev–Trinajstić information content (AvgIpc) is 2.64. The molecule has 2 amide bonds. The summed E-state index contributed by atoms with van der Waals surface area (Å²) < 4.78 is 0. The number of hydrogen-bond acceptors (Lipinski definition) is 3. The van der Waals surface area contributed by atoms with Crippen LogP contribution in [0.4, 0.5) is 0 Å². The minimum atomic E-state index is -0.0764.